The molecular weight excluding hydrogens is 188 g/mol. The Morgan fingerprint density at radius 1 is 1.40 bits per heavy atom. The lowest BCUT2D eigenvalue weighted by Crippen LogP contribution is -2.58. The molecule has 3 nitrogen and oxygen atoms in total. The number of morpholine rings is 1. The van der Waals surface area contributed by atoms with Crippen LogP contribution in [0.15, 0.2) is 0 Å². The summed E-state index contributed by atoms with van der Waals surface area (Å²) < 4.78 is 6.15. The fourth-order valence-corrected chi connectivity index (χ4v) is 3.05. The first-order chi connectivity index (χ1) is 7.27. The highest BCUT2D eigenvalue weighted by Crippen LogP contribution is 2.32. The molecule has 88 valence electrons. The zero-order valence-corrected chi connectivity index (χ0v) is 10.1. The van der Waals surface area contributed by atoms with Crippen molar-refractivity contribution < 1.29 is 4.74 Å². The molecule has 0 aromatic carbocycles. The number of likely N-dealkylation sites (tertiary alicyclic amines) is 1. The first kappa shape index (κ1) is 11.4. The zero-order chi connectivity index (χ0) is 10.7. The average Bonchev–Trinajstić information content (AvgIpc) is 2.43. The number of hydrogen-bond acceptors (Lipinski definition) is 3. The number of hydrogen-bond donors (Lipinski definition) is 1. The Morgan fingerprint density at radius 3 is 3.07 bits per heavy atom. The van der Waals surface area contributed by atoms with Crippen molar-refractivity contribution in [2.24, 2.45) is 0 Å². The van der Waals surface area contributed by atoms with Gasteiger partial charge in [-0.1, -0.05) is 6.92 Å². The highest BCUT2D eigenvalue weighted by molar-refractivity contribution is 4.97. The molecule has 2 saturated heterocycles. The van der Waals surface area contributed by atoms with Crippen molar-refractivity contribution in [3.8, 4) is 0 Å². The van der Waals surface area contributed by atoms with Gasteiger partial charge in [0.05, 0.1) is 12.2 Å². The second kappa shape index (κ2) is 4.81. The molecule has 2 heterocycles. The molecule has 0 bridgehead atoms. The molecule has 1 N–H and O–H groups in total. The lowest BCUT2D eigenvalue weighted by molar-refractivity contribution is -0.105. The normalized spacial score (nSPS) is 39.2. The van der Waals surface area contributed by atoms with E-state index in [1.165, 1.54) is 38.8 Å². The van der Waals surface area contributed by atoms with Gasteiger partial charge in [0, 0.05) is 19.1 Å². The number of rotatable bonds is 1. The quantitative estimate of drug-likeness (QED) is 0.708. The highest BCUT2D eigenvalue weighted by Gasteiger charge is 2.41. The molecule has 2 fully saturated rings. The fraction of sp³-hybridized carbons (Fsp3) is 1.00. The van der Waals surface area contributed by atoms with Crippen LogP contribution in [0.2, 0.25) is 0 Å². The maximum absolute atomic E-state index is 6.15. The van der Waals surface area contributed by atoms with Gasteiger partial charge < -0.3 is 15.0 Å². The minimum atomic E-state index is 0.137. The molecular formula is C12H24N2O. The number of nitrogens with one attached hydrogen (secondary N) is 1. The van der Waals surface area contributed by atoms with E-state index >= 15 is 0 Å². The maximum atomic E-state index is 6.15. The topological polar surface area (TPSA) is 24.5 Å². The van der Waals surface area contributed by atoms with Crippen LogP contribution in [0, 0.1) is 0 Å². The van der Waals surface area contributed by atoms with E-state index in [0.717, 1.165) is 13.2 Å². The van der Waals surface area contributed by atoms with Crippen LogP contribution in [0.25, 0.3) is 0 Å². The SMILES string of the molecule is CCC1NCCOC12CCCN(C)CC2. The lowest BCUT2D eigenvalue weighted by Gasteiger charge is -2.44. The van der Waals surface area contributed by atoms with Crippen LogP contribution < -0.4 is 5.32 Å². The predicted octanol–water partition coefficient (Wildman–Crippen LogP) is 1.24. The van der Waals surface area contributed by atoms with Gasteiger partial charge in [0.15, 0.2) is 0 Å². The van der Waals surface area contributed by atoms with Gasteiger partial charge in [-0.15, -0.1) is 0 Å². The van der Waals surface area contributed by atoms with Crippen LogP contribution >= 0.6 is 0 Å². The second-order valence-corrected chi connectivity index (χ2v) is 4.99. The lowest BCUT2D eigenvalue weighted by atomic mass is 9.84. The molecule has 0 radical (unpaired) electrons. The van der Waals surface area contributed by atoms with Crippen molar-refractivity contribution in [2.45, 2.75) is 44.2 Å². The monoisotopic (exact) mass is 212 g/mol. The Morgan fingerprint density at radius 2 is 2.27 bits per heavy atom. The van der Waals surface area contributed by atoms with Crippen molar-refractivity contribution in [3.63, 3.8) is 0 Å². The van der Waals surface area contributed by atoms with Gasteiger partial charge in [0.2, 0.25) is 0 Å². The first-order valence-electron chi connectivity index (χ1n) is 6.33. The van der Waals surface area contributed by atoms with E-state index in [9.17, 15) is 0 Å². The summed E-state index contributed by atoms with van der Waals surface area (Å²) in [7, 11) is 2.22. The second-order valence-electron chi connectivity index (χ2n) is 4.99. The van der Waals surface area contributed by atoms with Gasteiger partial charge >= 0.3 is 0 Å². The van der Waals surface area contributed by atoms with E-state index in [4.69, 9.17) is 4.74 Å². The van der Waals surface area contributed by atoms with Crippen LogP contribution in [-0.2, 0) is 4.74 Å². The van der Waals surface area contributed by atoms with E-state index < -0.39 is 0 Å². The van der Waals surface area contributed by atoms with Crippen LogP contribution in [0.3, 0.4) is 0 Å². The molecule has 0 saturated carbocycles. The fourth-order valence-electron chi connectivity index (χ4n) is 3.05. The Bertz CT molecular complexity index is 210. The summed E-state index contributed by atoms with van der Waals surface area (Å²) in [6.45, 7) is 6.58. The number of ether oxygens (including phenoxy) is 1. The zero-order valence-electron chi connectivity index (χ0n) is 10.1. The van der Waals surface area contributed by atoms with Crippen molar-refractivity contribution >= 4 is 0 Å². The summed E-state index contributed by atoms with van der Waals surface area (Å²) in [5.74, 6) is 0. The van der Waals surface area contributed by atoms with Gasteiger partial charge in [-0.3, -0.25) is 0 Å². The van der Waals surface area contributed by atoms with Crippen LogP contribution in [-0.4, -0.2) is 49.8 Å². The smallest absolute Gasteiger partial charge is 0.0847 e. The molecule has 2 aliphatic heterocycles. The summed E-state index contributed by atoms with van der Waals surface area (Å²) in [5, 5.41) is 3.63. The molecule has 2 unspecified atom stereocenters. The van der Waals surface area contributed by atoms with Crippen LogP contribution in [0.5, 0.6) is 0 Å². The summed E-state index contributed by atoms with van der Waals surface area (Å²) in [6.07, 6.45) is 4.87. The van der Waals surface area contributed by atoms with Gasteiger partial charge in [-0.05, 0) is 39.3 Å². The van der Waals surface area contributed by atoms with Crippen molar-refractivity contribution in [3.05, 3.63) is 0 Å². The minimum Gasteiger partial charge on any atom is -0.372 e. The summed E-state index contributed by atoms with van der Waals surface area (Å²) >= 11 is 0. The van der Waals surface area contributed by atoms with Gasteiger partial charge in [0.25, 0.3) is 0 Å². The van der Waals surface area contributed by atoms with Gasteiger partial charge in [-0.2, -0.15) is 0 Å². The third-order valence-electron chi connectivity index (χ3n) is 3.98. The van der Waals surface area contributed by atoms with Gasteiger partial charge in [-0.25, -0.2) is 0 Å². The molecule has 0 aromatic heterocycles. The van der Waals surface area contributed by atoms with E-state index in [0.29, 0.717) is 6.04 Å². The van der Waals surface area contributed by atoms with Gasteiger partial charge in [0.1, 0.15) is 0 Å². The van der Waals surface area contributed by atoms with E-state index in [-0.39, 0.29) is 5.60 Å². The maximum Gasteiger partial charge on any atom is 0.0847 e. The van der Waals surface area contributed by atoms with Crippen molar-refractivity contribution in [2.75, 3.05) is 33.3 Å². The third-order valence-corrected chi connectivity index (χ3v) is 3.98. The van der Waals surface area contributed by atoms with E-state index in [1.807, 2.05) is 0 Å². The van der Waals surface area contributed by atoms with Crippen molar-refractivity contribution in [1.82, 2.24) is 10.2 Å². The minimum absolute atomic E-state index is 0.137. The molecule has 2 atom stereocenters. The number of nitrogens with zero attached hydrogens (tertiary/aromatic N) is 1. The molecule has 0 aromatic rings. The molecule has 1 spiro atoms. The third kappa shape index (κ3) is 2.35. The van der Waals surface area contributed by atoms with Crippen LogP contribution in [0.4, 0.5) is 0 Å². The summed E-state index contributed by atoms with van der Waals surface area (Å²) in [6, 6.07) is 0.567. The molecule has 15 heavy (non-hydrogen) atoms. The Labute approximate surface area is 93.2 Å². The predicted molar refractivity (Wildman–Crippen MR) is 62.1 cm³/mol. The van der Waals surface area contributed by atoms with E-state index in [2.05, 4.69) is 24.2 Å². The molecule has 2 aliphatic rings. The highest BCUT2D eigenvalue weighted by atomic mass is 16.5. The summed E-state index contributed by atoms with van der Waals surface area (Å²) in [5.41, 5.74) is 0.137. The molecule has 0 aliphatic carbocycles. The average molecular weight is 212 g/mol. The Hall–Kier alpha value is -0.120. The van der Waals surface area contributed by atoms with Crippen LogP contribution in [0.1, 0.15) is 32.6 Å². The molecule has 0 amide bonds. The van der Waals surface area contributed by atoms with Crippen molar-refractivity contribution in [1.29, 1.82) is 0 Å². The molecule has 3 heteroatoms. The first-order valence-corrected chi connectivity index (χ1v) is 6.33. The standard InChI is InChI=1S/C12H24N2O/c1-3-11-12(15-10-7-13-11)5-4-8-14(2)9-6-12/h11,13H,3-10H2,1-2H3. The Kier molecular flexibility index (Phi) is 3.65. The largest absolute Gasteiger partial charge is 0.372 e. The molecule has 2 rings (SSSR count). The summed E-state index contributed by atoms with van der Waals surface area (Å²) in [4.78, 5) is 2.43. The van der Waals surface area contributed by atoms with E-state index in [1.54, 1.807) is 0 Å². The Balaban J connectivity index is 2.07.